The average molecular weight is 257 g/mol. The van der Waals surface area contributed by atoms with Crippen molar-refractivity contribution in [3.63, 3.8) is 0 Å². The smallest absolute Gasteiger partial charge is 0.0743 e. The first-order chi connectivity index (χ1) is 9.24. The standard InChI is InChI=1S/C15H19N3O/c16-12-9-17-13-6-2-1-5-11(13)14(12)18-15(10-19)7-3-4-8-15/h1-2,5-6,9,19H,3-4,7-8,10,16H2,(H,17,18). The molecule has 19 heavy (non-hydrogen) atoms. The highest BCUT2D eigenvalue weighted by Gasteiger charge is 2.33. The van der Waals surface area contributed by atoms with Crippen LogP contribution in [0.15, 0.2) is 30.5 Å². The summed E-state index contributed by atoms with van der Waals surface area (Å²) in [6.07, 6.45) is 5.96. The van der Waals surface area contributed by atoms with Crippen LogP contribution in [0, 0.1) is 0 Å². The molecule has 3 rings (SSSR count). The van der Waals surface area contributed by atoms with Gasteiger partial charge in [0.25, 0.3) is 0 Å². The van der Waals surface area contributed by atoms with Crippen molar-refractivity contribution in [2.75, 3.05) is 17.7 Å². The molecule has 0 amide bonds. The molecule has 0 bridgehead atoms. The molecule has 1 aromatic heterocycles. The van der Waals surface area contributed by atoms with Crippen LogP contribution in [-0.2, 0) is 0 Å². The van der Waals surface area contributed by atoms with E-state index in [4.69, 9.17) is 5.73 Å². The largest absolute Gasteiger partial charge is 0.396 e. The average Bonchev–Trinajstić information content (AvgIpc) is 2.91. The number of aliphatic hydroxyl groups excluding tert-OH is 1. The van der Waals surface area contributed by atoms with Gasteiger partial charge in [-0.15, -0.1) is 0 Å². The Morgan fingerprint density at radius 1 is 1.26 bits per heavy atom. The summed E-state index contributed by atoms with van der Waals surface area (Å²) < 4.78 is 0. The topological polar surface area (TPSA) is 71.2 Å². The van der Waals surface area contributed by atoms with Gasteiger partial charge in [0.05, 0.1) is 35.2 Å². The van der Waals surface area contributed by atoms with Gasteiger partial charge in [0.1, 0.15) is 0 Å². The van der Waals surface area contributed by atoms with Crippen molar-refractivity contribution >= 4 is 22.3 Å². The number of nitrogens with one attached hydrogen (secondary N) is 1. The fourth-order valence-electron chi connectivity index (χ4n) is 2.94. The third-order valence-electron chi connectivity index (χ3n) is 4.06. The van der Waals surface area contributed by atoms with Gasteiger partial charge in [0.15, 0.2) is 0 Å². The number of para-hydroxylation sites is 1. The molecular formula is C15H19N3O. The number of anilines is 2. The van der Waals surface area contributed by atoms with Crippen LogP contribution >= 0.6 is 0 Å². The molecule has 1 heterocycles. The van der Waals surface area contributed by atoms with Crippen molar-refractivity contribution in [1.29, 1.82) is 0 Å². The number of fused-ring (bicyclic) bond motifs is 1. The molecule has 1 aromatic carbocycles. The summed E-state index contributed by atoms with van der Waals surface area (Å²) in [5, 5.41) is 14.2. The van der Waals surface area contributed by atoms with E-state index >= 15 is 0 Å². The van der Waals surface area contributed by atoms with Crippen LogP contribution in [0.4, 0.5) is 11.4 Å². The summed E-state index contributed by atoms with van der Waals surface area (Å²) in [5.74, 6) is 0. The number of hydrogen-bond acceptors (Lipinski definition) is 4. The zero-order valence-electron chi connectivity index (χ0n) is 10.9. The second-order valence-corrected chi connectivity index (χ2v) is 5.38. The molecule has 0 radical (unpaired) electrons. The van der Waals surface area contributed by atoms with E-state index in [0.29, 0.717) is 5.69 Å². The van der Waals surface area contributed by atoms with E-state index in [1.54, 1.807) is 6.20 Å². The van der Waals surface area contributed by atoms with Gasteiger partial charge >= 0.3 is 0 Å². The SMILES string of the molecule is Nc1cnc2ccccc2c1NC1(CO)CCCC1. The van der Waals surface area contributed by atoms with Crippen molar-refractivity contribution in [1.82, 2.24) is 4.98 Å². The summed E-state index contributed by atoms with van der Waals surface area (Å²) in [6.45, 7) is 0.142. The number of nitrogens with two attached hydrogens (primary N) is 1. The lowest BCUT2D eigenvalue weighted by Crippen LogP contribution is -2.39. The quantitative estimate of drug-likeness (QED) is 0.790. The van der Waals surface area contributed by atoms with Gasteiger partial charge in [0.2, 0.25) is 0 Å². The first-order valence-electron chi connectivity index (χ1n) is 6.76. The molecule has 1 saturated carbocycles. The summed E-state index contributed by atoms with van der Waals surface area (Å²) in [5.41, 5.74) is 8.31. The second kappa shape index (κ2) is 4.70. The minimum absolute atomic E-state index is 0.142. The lowest BCUT2D eigenvalue weighted by molar-refractivity contribution is 0.214. The van der Waals surface area contributed by atoms with Gasteiger partial charge in [-0.05, 0) is 18.9 Å². The number of pyridine rings is 1. The molecule has 4 nitrogen and oxygen atoms in total. The minimum Gasteiger partial charge on any atom is -0.396 e. The molecule has 4 N–H and O–H groups in total. The molecule has 4 heteroatoms. The maximum Gasteiger partial charge on any atom is 0.0743 e. The highest BCUT2D eigenvalue weighted by Crippen LogP contribution is 2.37. The molecule has 1 aliphatic rings. The lowest BCUT2D eigenvalue weighted by atomic mass is 9.97. The highest BCUT2D eigenvalue weighted by atomic mass is 16.3. The van der Waals surface area contributed by atoms with Crippen molar-refractivity contribution < 1.29 is 5.11 Å². The van der Waals surface area contributed by atoms with E-state index < -0.39 is 0 Å². The fourth-order valence-corrected chi connectivity index (χ4v) is 2.94. The van der Waals surface area contributed by atoms with E-state index in [9.17, 15) is 5.11 Å². The summed E-state index contributed by atoms with van der Waals surface area (Å²) >= 11 is 0. The molecule has 0 aliphatic heterocycles. The van der Waals surface area contributed by atoms with Gasteiger partial charge < -0.3 is 16.2 Å². The minimum atomic E-state index is -0.224. The van der Waals surface area contributed by atoms with Crippen molar-refractivity contribution in [3.05, 3.63) is 30.5 Å². The molecule has 0 atom stereocenters. The van der Waals surface area contributed by atoms with Crippen molar-refractivity contribution in [3.8, 4) is 0 Å². The van der Waals surface area contributed by atoms with Gasteiger partial charge in [-0.1, -0.05) is 31.0 Å². The molecular weight excluding hydrogens is 238 g/mol. The number of hydrogen-bond donors (Lipinski definition) is 3. The fraction of sp³-hybridized carbons (Fsp3) is 0.400. The summed E-state index contributed by atoms with van der Waals surface area (Å²) in [7, 11) is 0. The Hall–Kier alpha value is -1.81. The Kier molecular flexibility index (Phi) is 3.03. The number of aliphatic hydroxyl groups is 1. The third kappa shape index (κ3) is 2.12. The molecule has 2 aromatic rings. The van der Waals surface area contributed by atoms with Gasteiger partial charge in [0, 0.05) is 5.39 Å². The second-order valence-electron chi connectivity index (χ2n) is 5.38. The maximum absolute atomic E-state index is 9.72. The molecule has 100 valence electrons. The Bertz CT molecular complexity index is 591. The van der Waals surface area contributed by atoms with E-state index in [1.807, 2.05) is 24.3 Å². The lowest BCUT2D eigenvalue weighted by Gasteiger charge is -2.30. The van der Waals surface area contributed by atoms with Crippen LogP contribution < -0.4 is 11.1 Å². The number of benzene rings is 1. The highest BCUT2D eigenvalue weighted by molar-refractivity contribution is 5.97. The van der Waals surface area contributed by atoms with Gasteiger partial charge in [-0.25, -0.2) is 0 Å². The van der Waals surface area contributed by atoms with E-state index in [2.05, 4.69) is 10.3 Å². The van der Waals surface area contributed by atoms with Crippen molar-refractivity contribution in [2.45, 2.75) is 31.2 Å². The number of nitrogens with zero attached hydrogens (tertiary/aromatic N) is 1. The van der Waals surface area contributed by atoms with Crippen LogP contribution in [0.2, 0.25) is 0 Å². The zero-order chi connectivity index (χ0) is 13.3. The van der Waals surface area contributed by atoms with Crippen LogP contribution in [-0.4, -0.2) is 22.2 Å². The first kappa shape index (κ1) is 12.2. The molecule has 0 saturated heterocycles. The number of nitrogen functional groups attached to an aromatic ring is 1. The first-order valence-corrected chi connectivity index (χ1v) is 6.76. The number of aromatic nitrogens is 1. The maximum atomic E-state index is 9.72. The monoisotopic (exact) mass is 257 g/mol. The third-order valence-corrected chi connectivity index (χ3v) is 4.06. The summed E-state index contributed by atoms with van der Waals surface area (Å²) in [6, 6.07) is 7.93. The van der Waals surface area contributed by atoms with Crippen LogP contribution in [0.1, 0.15) is 25.7 Å². The zero-order valence-corrected chi connectivity index (χ0v) is 10.9. The van der Waals surface area contributed by atoms with Crippen LogP contribution in [0.3, 0.4) is 0 Å². The Balaban J connectivity index is 2.06. The normalized spacial score (nSPS) is 17.7. The van der Waals surface area contributed by atoms with Crippen molar-refractivity contribution in [2.24, 2.45) is 0 Å². The van der Waals surface area contributed by atoms with Gasteiger partial charge in [-0.3, -0.25) is 4.98 Å². The molecule has 0 unspecified atom stereocenters. The number of rotatable bonds is 3. The molecule has 0 spiro atoms. The predicted octanol–water partition coefficient (Wildman–Crippen LogP) is 2.53. The van der Waals surface area contributed by atoms with Crippen LogP contribution in [0.25, 0.3) is 10.9 Å². The Labute approximate surface area is 112 Å². The molecule has 1 aliphatic carbocycles. The van der Waals surface area contributed by atoms with Gasteiger partial charge in [-0.2, -0.15) is 0 Å². The predicted molar refractivity (Wildman–Crippen MR) is 78.1 cm³/mol. The molecule has 1 fully saturated rings. The van der Waals surface area contributed by atoms with Crippen LogP contribution in [0.5, 0.6) is 0 Å². The van der Waals surface area contributed by atoms with E-state index in [-0.39, 0.29) is 12.1 Å². The Morgan fingerprint density at radius 3 is 2.74 bits per heavy atom. The Morgan fingerprint density at radius 2 is 2.00 bits per heavy atom. The van der Waals surface area contributed by atoms with E-state index in [1.165, 1.54) is 0 Å². The summed E-state index contributed by atoms with van der Waals surface area (Å²) in [4.78, 5) is 4.34. The van der Waals surface area contributed by atoms with E-state index in [0.717, 1.165) is 42.3 Å².